The van der Waals surface area contributed by atoms with Crippen LogP contribution in [0.2, 0.25) is 5.02 Å². The number of carbonyl (C=O) groups is 1. The number of pyridine rings is 1. The van der Waals surface area contributed by atoms with Gasteiger partial charge < -0.3 is 14.9 Å². The Kier molecular flexibility index (Phi) is 5.58. The first-order valence-corrected chi connectivity index (χ1v) is 8.57. The molecule has 1 aromatic heterocycles. The van der Waals surface area contributed by atoms with Crippen LogP contribution in [0.3, 0.4) is 0 Å². The van der Waals surface area contributed by atoms with Crippen LogP contribution in [0.25, 0.3) is 0 Å². The Morgan fingerprint density at radius 3 is 2.54 bits per heavy atom. The molecule has 0 saturated heterocycles. The number of halogens is 1. The van der Waals surface area contributed by atoms with Crippen molar-refractivity contribution >= 4 is 28.6 Å². The lowest BCUT2D eigenvalue weighted by atomic mass is 10.1. The van der Waals surface area contributed by atoms with Gasteiger partial charge in [-0.2, -0.15) is 0 Å². The fourth-order valence-electron chi connectivity index (χ4n) is 2.44. The van der Waals surface area contributed by atoms with Gasteiger partial charge in [0.2, 0.25) is 0 Å². The molecule has 3 N–H and O–H groups in total. The first kappa shape index (κ1) is 18.4. The van der Waals surface area contributed by atoms with Crippen molar-refractivity contribution in [2.75, 3.05) is 0 Å². The first-order chi connectivity index (χ1) is 11.2. The average molecular weight is 369 g/mol. The molecule has 0 fully saturated rings. The summed E-state index contributed by atoms with van der Waals surface area (Å²) in [6.07, 6.45) is 0. The van der Waals surface area contributed by atoms with Crippen LogP contribution in [0.5, 0.6) is 0 Å². The summed E-state index contributed by atoms with van der Waals surface area (Å²) >= 11 is 3.67. The Labute approximate surface area is 146 Å². The molecule has 1 unspecified atom stereocenters. The summed E-state index contributed by atoms with van der Waals surface area (Å²) in [6.45, 7) is 5.19. The number of aromatic amines is 1. The Bertz CT molecular complexity index is 892. The third kappa shape index (κ3) is 3.92. The van der Waals surface area contributed by atoms with Crippen LogP contribution in [-0.4, -0.2) is 19.7 Å². The van der Waals surface area contributed by atoms with E-state index in [0.29, 0.717) is 11.1 Å². The van der Waals surface area contributed by atoms with E-state index in [9.17, 15) is 18.4 Å². The zero-order valence-corrected chi connectivity index (χ0v) is 15.0. The summed E-state index contributed by atoms with van der Waals surface area (Å²) in [5.41, 5.74) is 2.28. The Morgan fingerprint density at radius 2 is 1.96 bits per heavy atom. The highest BCUT2D eigenvalue weighted by Crippen LogP contribution is 2.23. The minimum Gasteiger partial charge on any atom is -0.348 e. The third-order valence-corrected chi connectivity index (χ3v) is 4.70. The zero-order valence-electron chi connectivity index (χ0n) is 13.4. The van der Waals surface area contributed by atoms with E-state index in [2.05, 4.69) is 10.3 Å². The number of H-pyrrole nitrogens is 1. The van der Waals surface area contributed by atoms with E-state index in [1.54, 1.807) is 20.8 Å². The molecule has 128 valence electrons. The second-order valence-electron chi connectivity index (χ2n) is 5.45. The zero-order chi connectivity index (χ0) is 18.0. The lowest BCUT2D eigenvalue weighted by Crippen LogP contribution is -2.28. The van der Waals surface area contributed by atoms with Gasteiger partial charge in [-0.25, -0.2) is 4.21 Å². The van der Waals surface area contributed by atoms with Gasteiger partial charge in [-0.15, -0.1) is 0 Å². The van der Waals surface area contributed by atoms with Crippen LogP contribution >= 0.6 is 11.6 Å². The highest BCUT2D eigenvalue weighted by atomic mass is 35.5. The predicted octanol–water partition coefficient (Wildman–Crippen LogP) is 2.46. The van der Waals surface area contributed by atoms with E-state index in [1.807, 2.05) is 6.07 Å². The number of aromatic nitrogens is 1. The number of benzene rings is 1. The van der Waals surface area contributed by atoms with Crippen molar-refractivity contribution in [3.05, 3.63) is 61.5 Å². The fourth-order valence-corrected chi connectivity index (χ4v) is 3.32. The lowest BCUT2D eigenvalue weighted by molar-refractivity contribution is 0.0950. The molecule has 8 heteroatoms. The van der Waals surface area contributed by atoms with E-state index < -0.39 is 17.0 Å². The van der Waals surface area contributed by atoms with Gasteiger partial charge in [0.15, 0.2) is 11.1 Å². The highest BCUT2D eigenvalue weighted by Gasteiger charge is 2.17. The van der Waals surface area contributed by atoms with Gasteiger partial charge in [-0.05, 0) is 50.1 Å². The number of amides is 1. The maximum absolute atomic E-state index is 12.4. The van der Waals surface area contributed by atoms with Crippen molar-refractivity contribution in [3.63, 3.8) is 0 Å². The summed E-state index contributed by atoms with van der Waals surface area (Å²) in [6, 6.07) is 4.59. The molecule has 0 aliphatic heterocycles. The maximum Gasteiger partial charge on any atom is 0.253 e. The van der Waals surface area contributed by atoms with Crippen LogP contribution in [0.15, 0.2) is 27.9 Å². The maximum atomic E-state index is 12.4. The Balaban J connectivity index is 2.29. The molecule has 2 aromatic rings. The van der Waals surface area contributed by atoms with Crippen molar-refractivity contribution in [2.45, 2.75) is 32.2 Å². The number of hydrogen-bond donors (Lipinski definition) is 3. The van der Waals surface area contributed by atoms with Crippen LogP contribution < -0.4 is 10.9 Å². The Morgan fingerprint density at radius 1 is 1.29 bits per heavy atom. The molecule has 1 atom stereocenters. The molecular weight excluding hydrogens is 352 g/mol. The quantitative estimate of drug-likeness (QED) is 0.722. The van der Waals surface area contributed by atoms with Crippen molar-refractivity contribution < 1.29 is 13.6 Å². The molecule has 24 heavy (non-hydrogen) atoms. The smallest absolute Gasteiger partial charge is 0.253 e. The van der Waals surface area contributed by atoms with Crippen molar-refractivity contribution in [1.82, 2.24) is 10.3 Å². The average Bonchev–Trinajstić information content (AvgIpc) is 2.47. The molecule has 1 amide bonds. The molecule has 0 spiro atoms. The summed E-state index contributed by atoms with van der Waals surface area (Å²) in [4.78, 5) is 27.1. The van der Waals surface area contributed by atoms with Gasteiger partial charge in [-0.1, -0.05) is 11.6 Å². The number of hydrogen-bond acceptors (Lipinski definition) is 3. The highest BCUT2D eigenvalue weighted by molar-refractivity contribution is 7.79. The monoisotopic (exact) mass is 368 g/mol. The summed E-state index contributed by atoms with van der Waals surface area (Å²) in [7, 11) is 0. The predicted molar refractivity (Wildman–Crippen MR) is 92.9 cm³/mol. The van der Waals surface area contributed by atoms with Crippen LogP contribution in [0.4, 0.5) is 0 Å². The van der Waals surface area contributed by atoms with E-state index in [-0.39, 0.29) is 27.6 Å². The summed E-state index contributed by atoms with van der Waals surface area (Å²) < 4.78 is 20.6. The Hall–Kier alpha value is -1.96. The molecule has 0 radical (unpaired) electrons. The van der Waals surface area contributed by atoms with Crippen molar-refractivity contribution in [1.29, 1.82) is 0 Å². The fraction of sp³-hybridized carbons (Fsp3) is 0.250. The normalized spacial score (nSPS) is 12.0. The minimum atomic E-state index is -2.25. The molecule has 0 bridgehead atoms. The number of carbonyl (C=O) groups excluding carboxylic acids is 1. The number of aryl methyl sites for hydroxylation is 2. The molecule has 6 nitrogen and oxygen atoms in total. The summed E-state index contributed by atoms with van der Waals surface area (Å²) in [5.74, 6) is -0.471. The van der Waals surface area contributed by atoms with Crippen LogP contribution in [0.1, 0.15) is 32.7 Å². The molecule has 1 heterocycles. The van der Waals surface area contributed by atoms with E-state index in [0.717, 1.165) is 11.3 Å². The molecular formula is C16H17ClN2O4S. The second kappa shape index (κ2) is 7.29. The molecule has 0 aliphatic carbocycles. The van der Waals surface area contributed by atoms with Crippen molar-refractivity contribution in [2.24, 2.45) is 0 Å². The van der Waals surface area contributed by atoms with Gasteiger partial charge in [0.1, 0.15) is 0 Å². The lowest BCUT2D eigenvalue weighted by Gasteiger charge is -2.12. The molecule has 2 rings (SSSR count). The van der Waals surface area contributed by atoms with Gasteiger partial charge in [0.25, 0.3) is 11.5 Å². The first-order valence-electron chi connectivity index (χ1n) is 7.09. The topological polar surface area (TPSA) is 99.3 Å². The van der Waals surface area contributed by atoms with Gasteiger partial charge in [0.05, 0.1) is 4.90 Å². The van der Waals surface area contributed by atoms with E-state index >= 15 is 0 Å². The van der Waals surface area contributed by atoms with Crippen LogP contribution in [-0.2, 0) is 17.6 Å². The van der Waals surface area contributed by atoms with Crippen LogP contribution in [0, 0.1) is 20.8 Å². The SMILES string of the molecule is Cc1cc(C)c(CNC(=O)c2cc(Cl)cc(S(=O)O)c2C)c(=O)[nH]1. The summed E-state index contributed by atoms with van der Waals surface area (Å²) in [5, 5.41) is 2.84. The molecule has 1 aromatic carbocycles. The van der Waals surface area contributed by atoms with Gasteiger partial charge in [-0.3, -0.25) is 9.59 Å². The minimum absolute atomic E-state index is 0.0454. The standard InChI is InChI=1S/C16H17ClN2O4S/c1-8-4-9(2)19-16(21)13(8)7-18-15(20)12-5-11(17)6-14(10(12)3)24(22)23/h4-6H,7H2,1-3H3,(H,18,20)(H,19,21)(H,22,23). The van der Waals surface area contributed by atoms with Gasteiger partial charge in [0, 0.05) is 28.4 Å². The molecule has 0 aliphatic rings. The largest absolute Gasteiger partial charge is 0.348 e. The molecule has 0 saturated carbocycles. The van der Waals surface area contributed by atoms with Crippen molar-refractivity contribution in [3.8, 4) is 0 Å². The van der Waals surface area contributed by atoms with E-state index in [1.165, 1.54) is 12.1 Å². The van der Waals surface area contributed by atoms with E-state index in [4.69, 9.17) is 11.6 Å². The van der Waals surface area contributed by atoms with Gasteiger partial charge >= 0.3 is 0 Å². The third-order valence-electron chi connectivity index (χ3n) is 3.68. The number of rotatable bonds is 4. The number of nitrogens with one attached hydrogen (secondary N) is 2. The second-order valence-corrected chi connectivity index (χ2v) is 6.83.